The first-order valence-corrected chi connectivity index (χ1v) is 20.5. The number of rotatable bonds is 4. The van der Waals surface area contributed by atoms with Crippen LogP contribution in [0.5, 0.6) is 0 Å². The molecule has 0 saturated carbocycles. The Labute approximate surface area is 254 Å². The average molecular weight is 862 g/mol. The zero-order valence-electron chi connectivity index (χ0n) is 18.9. The van der Waals surface area contributed by atoms with Crippen LogP contribution in [0.1, 0.15) is 0 Å². The minimum absolute atomic E-state index is 0.191. The SMILES string of the molecule is O=S1(=O)C[C@@H]2[C@@H](C1)N(S(=O)(=O)c1cc(Br)ccc1Br)[C@H]1CS(=O)(=O)C[C@H]1N2S(=O)(=O)c1cc(Br)ccc1Br. The predicted molar refractivity (Wildman–Crippen MR) is 154 cm³/mol. The van der Waals surface area contributed by atoms with Crippen molar-refractivity contribution >= 4 is 103 Å². The van der Waals surface area contributed by atoms with Gasteiger partial charge in [-0.1, -0.05) is 31.9 Å². The van der Waals surface area contributed by atoms with Crippen LogP contribution in [0, 0.1) is 0 Å². The molecule has 3 heterocycles. The van der Waals surface area contributed by atoms with E-state index in [-0.39, 0.29) is 18.7 Å². The second kappa shape index (κ2) is 9.83. The number of piperazine rings is 1. The number of hydrogen-bond acceptors (Lipinski definition) is 8. The topological polar surface area (TPSA) is 143 Å². The van der Waals surface area contributed by atoms with Crippen LogP contribution in [0.2, 0.25) is 0 Å². The zero-order chi connectivity index (χ0) is 28.0. The summed E-state index contributed by atoms with van der Waals surface area (Å²) >= 11 is 13.0. The molecule has 2 aromatic carbocycles. The van der Waals surface area contributed by atoms with Gasteiger partial charge in [-0.05, 0) is 68.3 Å². The van der Waals surface area contributed by atoms with Crippen molar-refractivity contribution in [3.63, 3.8) is 0 Å². The molecular formula is C20H18Br4N2O8S4. The second-order valence-corrected chi connectivity index (χ2v) is 20.7. The van der Waals surface area contributed by atoms with E-state index in [0.29, 0.717) is 8.95 Å². The molecule has 18 heteroatoms. The Morgan fingerprint density at radius 3 is 1.16 bits per heavy atom. The highest BCUT2D eigenvalue weighted by Crippen LogP contribution is 2.45. The number of nitrogens with zero attached hydrogens (tertiary/aromatic N) is 2. The second-order valence-electron chi connectivity index (χ2n) is 9.24. The number of benzene rings is 2. The maximum atomic E-state index is 14.1. The molecule has 5 rings (SSSR count). The van der Waals surface area contributed by atoms with Crippen molar-refractivity contribution < 1.29 is 33.7 Å². The van der Waals surface area contributed by atoms with Crippen molar-refractivity contribution in [3.8, 4) is 0 Å². The lowest BCUT2D eigenvalue weighted by atomic mass is 10.0. The Morgan fingerprint density at radius 1 is 0.579 bits per heavy atom. The molecule has 0 aliphatic carbocycles. The Balaban J connectivity index is 1.75. The lowest BCUT2D eigenvalue weighted by Crippen LogP contribution is -2.69. The Bertz CT molecular complexity index is 1610. The van der Waals surface area contributed by atoms with E-state index in [9.17, 15) is 33.7 Å². The Morgan fingerprint density at radius 2 is 0.868 bits per heavy atom. The van der Waals surface area contributed by atoms with Crippen LogP contribution in [-0.2, 0) is 39.7 Å². The number of halogens is 4. The van der Waals surface area contributed by atoms with Crippen molar-refractivity contribution in [2.45, 2.75) is 34.0 Å². The first kappa shape index (κ1) is 29.6. The highest BCUT2D eigenvalue weighted by atomic mass is 79.9. The monoisotopic (exact) mass is 858 g/mol. The van der Waals surface area contributed by atoms with Gasteiger partial charge in [-0.15, -0.1) is 0 Å². The molecule has 0 bridgehead atoms. The summed E-state index contributed by atoms with van der Waals surface area (Å²) in [4.78, 5) is -0.381. The normalized spacial score (nSPS) is 29.2. The summed E-state index contributed by atoms with van der Waals surface area (Å²) in [5.41, 5.74) is 0. The smallest absolute Gasteiger partial charge is 0.229 e. The van der Waals surface area contributed by atoms with Gasteiger partial charge in [0.2, 0.25) is 20.0 Å². The molecule has 0 radical (unpaired) electrons. The summed E-state index contributed by atoms with van der Waals surface area (Å²) in [6, 6.07) is 3.55. The fraction of sp³-hybridized carbons (Fsp3) is 0.400. The number of fused-ring (bicyclic) bond motifs is 2. The van der Waals surface area contributed by atoms with E-state index in [0.717, 1.165) is 8.61 Å². The van der Waals surface area contributed by atoms with Crippen LogP contribution in [0.4, 0.5) is 0 Å². The van der Waals surface area contributed by atoms with Crippen molar-refractivity contribution in [2.24, 2.45) is 0 Å². The van der Waals surface area contributed by atoms with Crippen LogP contribution in [0.3, 0.4) is 0 Å². The predicted octanol–water partition coefficient (Wildman–Crippen LogP) is 2.76. The first-order chi connectivity index (χ1) is 17.4. The maximum absolute atomic E-state index is 14.1. The highest BCUT2D eigenvalue weighted by Gasteiger charge is 2.64. The van der Waals surface area contributed by atoms with Gasteiger partial charge in [0.1, 0.15) is 0 Å². The van der Waals surface area contributed by atoms with Crippen LogP contribution >= 0.6 is 63.7 Å². The van der Waals surface area contributed by atoms with Gasteiger partial charge in [-0.3, -0.25) is 0 Å². The van der Waals surface area contributed by atoms with Crippen LogP contribution in [0.15, 0.2) is 64.1 Å². The molecule has 0 spiro atoms. The molecule has 0 amide bonds. The lowest BCUT2D eigenvalue weighted by molar-refractivity contribution is 0.0841. The molecule has 3 aliphatic heterocycles. The molecule has 3 fully saturated rings. The van der Waals surface area contributed by atoms with Crippen LogP contribution in [-0.4, -0.2) is 89.5 Å². The van der Waals surface area contributed by atoms with Gasteiger partial charge in [-0.2, -0.15) is 8.61 Å². The average Bonchev–Trinajstić information content (AvgIpc) is 3.26. The molecule has 38 heavy (non-hydrogen) atoms. The first-order valence-electron chi connectivity index (χ1n) is 10.8. The van der Waals surface area contributed by atoms with Crippen molar-refractivity contribution in [1.82, 2.24) is 8.61 Å². The summed E-state index contributed by atoms with van der Waals surface area (Å²) in [5.74, 6) is -2.57. The van der Waals surface area contributed by atoms with Gasteiger partial charge >= 0.3 is 0 Å². The minimum Gasteiger partial charge on any atom is -0.229 e. The summed E-state index contributed by atoms with van der Waals surface area (Å²) in [7, 11) is -16.7. The van der Waals surface area contributed by atoms with Gasteiger partial charge < -0.3 is 0 Å². The molecule has 3 saturated heterocycles. The molecular weight excluding hydrogens is 844 g/mol. The van der Waals surface area contributed by atoms with Gasteiger partial charge in [0.05, 0.1) is 57.0 Å². The van der Waals surface area contributed by atoms with Crippen molar-refractivity contribution in [3.05, 3.63) is 54.3 Å². The van der Waals surface area contributed by atoms with Gasteiger partial charge in [0.15, 0.2) is 19.7 Å². The van der Waals surface area contributed by atoms with Crippen molar-refractivity contribution in [2.75, 3.05) is 23.0 Å². The standard InChI is InChI=1S/C20H18Br4N2O8S4/c21-11-1-3-13(23)19(5-11)37(31,32)25-15-7-35(27,28)9-17(15)26(18-10-36(29,30)8-16(18)25)38(33,34)20-6-12(22)2-4-14(20)24/h1-6,15-18H,7-10H2/t15-,16-,17-,18+/m1/s1. The van der Waals surface area contributed by atoms with E-state index in [2.05, 4.69) is 63.7 Å². The summed E-state index contributed by atoms with van der Waals surface area (Å²) in [6.45, 7) is 0. The number of sulfone groups is 2. The molecule has 0 N–H and O–H groups in total. The lowest BCUT2D eigenvalue weighted by Gasteiger charge is -2.49. The molecule has 3 aliphatic rings. The molecule has 0 unspecified atom stereocenters. The van der Waals surface area contributed by atoms with E-state index in [1.165, 1.54) is 24.3 Å². The van der Waals surface area contributed by atoms with Gasteiger partial charge in [0.25, 0.3) is 0 Å². The molecule has 2 aromatic rings. The van der Waals surface area contributed by atoms with E-state index >= 15 is 0 Å². The maximum Gasteiger partial charge on any atom is 0.244 e. The summed E-state index contributed by atoms with van der Waals surface area (Å²) in [5, 5.41) is 0. The molecule has 10 nitrogen and oxygen atoms in total. The fourth-order valence-corrected chi connectivity index (χ4v) is 16.3. The Hall–Kier alpha value is 0.0800. The molecule has 0 aromatic heterocycles. The van der Waals surface area contributed by atoms with Gasteiger partial charge in [0, 0.05) is 17.9 Å². The number of hydrogen-bond donors (Lipinski definition) is 0. The third-order valence-electron chi connectivity index (χ3n) is 6.79. The van der Waals surface area contributed by atoms with E-state index in [4.69, 9.17) is 0 Å². The van der Waals surface area contributed by atoms with Crippen LogP contribution in [0.25, 0.3) is 0 Å². The van der Waals surface area contributed by atoms with E-state index in [1.807, 2.05) is 0 Å². The highest BCUT2D eigenvalue weighted by molar-refractivity contribution is 9.11. The number of sulfonamides is 2. The third-order valence-corrected chi connectivity index (χ3v) is 17.1. The fourth-order valence-electron chi connectivity index (χ4n) is 5.38. The Kier molecular flexibility index (Phi) is 7.65. The van der Waals surface area contributed by atoms with Gasteiger partial charge in [-0.25, -0.2) is 33.7 Å². The largest absolute Gasteiger partial charge is 0.244 e. The van der Waals surface area contributed by atoms with Crippen LogP contribution < -0.4 is 0 Å². The van der Waals surface area contributed by atoms with Crippen molar-refractivity contribution in [1.29, 1.82) is 0 Å². The molecule has 208 valence electrons. The third kappa shape index (κ3) is 5.02. The van der Waals surface area contributed by atoms with E-state index in [1.54, 1.807) is 12.1 Å². The van der Waals surface area contributed by atoms with E-state index < -0.39 is 86.9 Å². The quantitative estimate of drug-likeness (QED) is 0.457. The summed E-state index contributed by atoms with van der Waals surface area (Å²) in [6.07, 6.45) is 0. The zero-order valence-corrected chi connectivity index (χ0v) is 28.5. The minimum atomic E-state index is -4.48. The molecule has 4 atom stereocenters. The summed E-state index contributed by atoms with van der Waals surface area (Å²) < 4.78 is 111.